The largest absolute Gasteiger partial charge is 0.409 e. The molecule has 3 N–H and O–H groups in total. The van der Waals surface area contributed by atoms with Crippen LogP contribution in [-0.4, -0.2) is 44.0 Å². The third-order valence-corrected chi connectivity index (χ3v) is 3.63. The minimum atomic E-state index is -0.325. The molecule has 1 saturated heterocycles. The highest BCUT2D eigenvalue weighted by molar-refractivity contribution is 7.07. The third-order valence-electron chi connectivity index (χ3n) is 2.82. The number of oxime groups is 1. The number of likely N-dealkylation sites (tertiary alicyclic amines) is 1. The molecule has 1 atom stereocenters. The Morgan fingerprint density at radius 2 is 2.47 bits per heavy atom. The maximum absolute atomic E-state index is 12.2. The molecule has 92 valence electrons. The number of carbonyl (C=O) groups is 1. The molecule has 8 heteroatoms. The first-order chi connectivity index (χ1) is 8.15. The lowest BCUT2D eigenvalue weighted by molar-refractivity contribution is 0.0772. The Labute approximate surface area is 102 Å². The summed E-state index contributed by atoms with van der Waals surface area (Å²) in [6.45, 7) is 2.35. The molecular weight excluding hydrogens is 242 g/mol. The van der Waals surface area contributed by atoms with Gasteiger partial charge in [-0.15, -0.1) is 5.10 Å². The van der Waals surface area contributed by atoms with Gasteiger partial charge in [-0.1, -0.05) is 9.64 Å². The van der Waals surface area contributed by atoms with Crippen molar-refractivity contribution in [3.8, 4) is 0 Å². The van der Waals surface area contributed by atoms with E-state index in [2.05, 4.69) is 14.7 Å². The number of nitrogens with two attached hydrogens (primary N) is 1. The predicted molar refractivity (Wildman–Crippen MR) is 62.1 cm³/mol. The predicted octanol–water partition coefficient (Wildman–Crippen LogP) is 0.198. The van der Waals surface area contributed by atoms with Crippen LogP contribution in [0.4, 0.5) is 0 Å². The van der Waals surface area contributed by atoms with Crippen LogP contribution in [0.5, 0.6) is 0 Å². The van der Waals surface area contributed by atoms with Gasteiger partial charge in [-0.2, -0.15) is 0 Å². The van der Waals surface area contributed by atoms with Gasteiger partial charge in [0.25, 0.3) is 5.91 Å². The summed E-state index contributed by atoms with van der Waals surface area (Å²) >= 11 is 1.07. The van der Waals surface area contributed by atoms with E-state index >= 15 is 0 Å². The van der Waals surface area contributed by atoms with Gasteiger partial charge in [-0.05, 0) is 31.3 Å². The fourth-order valence-corrected chi connectivity index (χ4v) is 2.56. The first kappa shape index (κ1) is 11.8. The van der Waals surface area contributed by atoms with E-state index in [-0.39, 0.29) is 17.8 Å². The molecule has 2 heterocycles. The average molecular weight is 255 g/mol. The van der Waals surface area contributed by atoms with Crippen molar-refractivity contribution in [1.29, 1.82) is 0 Å². The fourth-order valence-electron chi connectivity index (χ4n) is 1.94. The fraction of sp³-hybridized carbons (Fsp3) is 0.556. The number of hydrogen-bond donors (Lipinski definition) is 2. The van der Waals surface area contributed by atoms with E-state index in [1.807, 2.05) is 0 Å². The van der Waals surface area contributed by atoms with E-state index in [0.717, 1.165) is 18.0 Å². The van der Waals surface area contributed by atoms with Gasteiger partial charge in [0, 0.05) is 6.54 Å². The normalized spacial score (nSPS) is 20.9. The lowest BCUT2D eigenvalue weighted by Gasteiger charge is -2.22. The molecule has 0 spiro atoms. The average Bonchev–Trinajstić information content (AvgIpc) is 2.95. The number of aryl methyl sites for hydroxylation is 1. The topological polar surface area (TPSA) is 105 Å². The summed E-state index contributed by atoms with van der Waals surface area (Å²) in [4.78, 5) is 14.3. The quantitative estimate of drug-likeness (QED) is 0.340. The highest BCUT2D eigenvalue weighted by Gasteiger charge is 2.33. The molecule has 0 saturated carbocycles. The number of hydrogen-bond acceptors (Lipinski definition) is 6. The molecule has 1 aromatic rings. The van der Waals surface area contributed by atoms with Crippen LogP contribution in [0.1, 0.15) is 28.2 Å². The molecule has 1 aliphatic heterocycles. The van der Waals surface area contributed by atoms with Crippen molar-refractivity contribution < 1.29 is 10.0 Å². The van der Waals surface area contributed by atoms with Crippen molar-refractivity contribution in [2.75, 3.05) is 6.54 Å². The van der Waals surface area contributed by atoms with Crippen LogP contribution in [0.25, 0.3) is 0 Å². The molecule has 2 rings (SSSR count). The molecular formula is C9H13N5O2S. The molecule has 1 amide bonds. The van der Waals surface area contributed by atoms with Crippen molar-refractivity contribution in [1.82, 2.24) is 14.5 Å². The molecule has 1 unspecified atom stereocenters. The van der Waals surface area contributed by atoms with E-state index in [4.69, 9.17) is 10.9 Å². The van der Waals surface area contributed by atoms with Gasteiger partial charge < -0.3 is 15.8 Å². The summed E-state index contributed by atoms with van der Waals surface area (Å²) in [5.74, 6) is -0.0717. The number of carbonyl (C=O) groups excluding carboxylic acids is 1. The van der Waals surface area contributed by atoms with Gasteiger partial charge in [-0.3, -0.25) is 4.79 Å². The zero-order valence-corrected chi connectivity index (χ0v) is 10.1. The van der Waals surface area contributed by atoms with E-state index in [0.29, 0.717) is 23.5 Å². The van der Waals surface area contributed by atoms with Gasteiger partial charge in [-0.25, -0.2) is 0 Å². The smallest absolute Gasteiger partial charge is 0.268 e. The van der Waals surface area contributed by atoms with Crippen molar-refractivity contribution in [2.45, 2.75) is 25.8 Å². The van der Waals surface area contributed by atoms with Crippen LogP contribution in [0.3, 0.4) is 0 Å². The molecule has 1 aliphatic rings. The van der Waals surface area contributed by atoms with Crippen molar-refractivity contribution >= 4 is 23.3 Å². The van der Waals surface area contributed by atoms with Crippen molar-refractivity contribution in [2.24, 2.45) is 10.9 Å². The monoisotopic (exact) mass is 255 g/mol. The standard InChI is InChI=1S/C9H13N5O2S/c1-5-7(17-13-11-5)9(15)14-4-2-3-6(14)8(10)12-16/h6,16H,2-4H2,1H3,(H2,10,12). The summed E-state index contributed by atoms with van der Waals surface area (Å²) in [5.41, 5.74) is 6.19. The van der Waals surface area contributed by atoms with Gasteiger partial charge in [0.15, 0.2) is 5.84 Å². The van der Waals surface area contributed by atoms with Gasteiger partial charge >= 0.3 is 0 Å². The second-order valence-corrected chi connectivity index (χ2v) is 4.62. The van der Waals surface area contributed by atoms with E-state index in [1.165, 1.54) is 0 Å². The minimum absolute atomic E-state index is 0.0750. The molecule has 0 radical (unpaired) electrons. The molecule has 0 bridgehead atoms. The Morgan fingerprint density at radius 1 is 1.71 bits per heavy atom. The van der Waals surface area contributed by atoms with E-state index < -0.39 is 0 Å². The summed E-state index contributed by atoms with van der Waals surface area (Å²) in [5, 5.41) is 15.5. The summed E-state index contributed by atoms with van der Waals surface area (Å²) in [6, 6.07) is -0.325. The summed E-state index contributed by atoms with van der Waals surface area (Å²) in [6.07, 6.45) is 1.56. The van der Waals surface area contributed by atoms with Crippen molar-refractivity contribution in [3.63, 3.8) is 0 Å². The highest BCUT2D eigenvalue weighted by Crippen LogP contribution is 2.22. The Kier molecular flexibility index (Phi) is 3.23. The SMILES string of the molecule is Cc1nnsc1C(=O)N1CCCC1C(N)=NO. The summed E-state index contributed by atoms with van der Waals surface area (Å²) < 4.78 is 3.74. The number of rotatable bonds is 2. The molecule has 1 aromatic heterocycles. The van der Waals surface area contributed by atoms with Crippen LogP contribution >= 0.6 is 11.5 Å². The zero-order valence-electron chi connectivity index (χ0n) is 9.33. The maximum Gasteiger partial charge on any atom is 0.268 e. The third kappa shape index (κ3) is 2.07. The minimum Gasteiger partial charge on any atom is -0.409 e. The molecule has 7 nitrogen and oxygen atoms in total. The molecule has 0 aliphatic carbocycles. The van der Waals surface area contributed by atoms with Crippen LogP contribution in [0.15, 0.2) is 5.16 Å². The Hall–Kier alpha value is -1.70. The second kappa shape index (κ2) is 4.66. The number of amides is 1. The van der Waals surface area contributed by atoms with Crippen LogP contribution in [-0.2, 0) is 0 Å². The molecule has 17 heavy (non-hydrogen) atoms. The van der Waals surface area contributed by atoms with Crippen LogP contribution in [0, 0.1) is 6.92 Å². The lowest BCUT2D eigenvalue weighted by Crippen LogP contribution is -2.43. The van der Waals surface area contributed by atoms with Gasteiger partial charge in [0.1, 0.15) is 4.88 Å². The first-order valence-electron chi connectivity index (χ1n) is 5.22. The zero-order chi connectivity index (χ0) is 12.4. The number of amidine groups is 1. The maximum atomic E-state index is 12.2. The number of aromatic nitrogens is 2. The Balaban J connectivity index is 2.23. The highest BCUT2D eigenvalue weighted by atomic mass is 32.1. The number of nitrogens with zero attached hydrogens (tertiary/aromatic N) is 4. The van der Waals surface area contributed by atoms with Crippen molar-refractivity contribution in [3.05, 3.63) is 10.6 Å². The van der Waals surface area contributed by atoms with Gasteiger partial charge in [0.05, 0.1) is 11.7 Å². The van der Waals surface area contributed by atoms with Crippen LogP contribution < -0.4 is 5.73 Å². The van der Waals surface area contributed by atoms with E-state index in [9.17, 15) is 4.79 Å². The Morgan fingerprint density at radius 3 is 3.06 bits per heavy atom. The molecule has 0 aromatic carbocycles. The van der Waals surface area contributed by atoms with Gasteiger partial charge in [0.2, 0.25) is 0 Å². The summed E-state index contributed by atoms with van der Waals surface area (Å²) in [7, 11) is 0. The Bertz CT molecular complexity index is 458. The lowest BCUT2D eigenvalue weighted by atomic mass is 10.2. The van der Waals surface area contributed by atoms with E-state index in [1.54, 1.807) is 11.8 Å². The second-order valence-electron chi connectivity index (χ2n) is 3.87. The molecule has 1 fully saturated rings. The first-order valence-corrected chi connectivity index (χ1v) is 6.00. The van der Waals surface area contributed by atoms with Crippen LogP contribution in [0.2, 0.25) is 0 Å².